The van der Waals surface area contributed by atoms with E-state index in [9.17, 15) is 10.1 Å². The molecule has 4 nitrogen and oxygen atoms in total. The fourth-order valence-electron chi connectivity index (χ4n) is 1.39. The van der Waals surface area contributed by atoms with E-state index in [-0.39, 0.29) is 16.0 Å². The summed E-state index contributed by atoms with van der Waals surface area (Å²) in [6, 6.07) is 5.54. The Morgan fingerprint density at radius 3 is 2.56 bits per heavy atom. The molecule has 5 heteroatoms. The maximum Gasteiger partial charge on any atom is 0.283 e. The molecular formula is C13H19BrN2O2. The Bertz CT molecular complexity index is 441. The van der Waals surface area contributed by atoms with Gasteiger partial charge in [0.25, 0.3) is 5.69 Å². The molecule has 0 saturated carbocycles. The van der Waals surface area contributed by atoms with Crippen molar-refractivity contribution in [2.24, 2.45) is 5.41 Å². The monoisotopic (exact) mass is 314 g/mol. The van der Waals surface area contributed by atoms with Crippen LogP contribution in [0.3, 0.4) is 0 Å². The van der Waals surface area contributed by atoms with Crippen molar-refractivity contribution in [1.82, 2.24) is 5.32 Å². The Balaban J connectivity index is 2.75. The molecule has 0 spiro atoms. The van der Waals surface area contributed by atoms with Crippen LogP contribution in [0.4, 0.5) is 5.69 Å². The van der Waals surface area contributed by atoms with Gasteiger partial charge in [-0.25, -0.2) is 0 Å². The highest BCUT2D eigenvalue weighted by Crippen LogP contribution is 2.26. The molecule has 1 N–H and O–H groups in total. The van der Waals surface area contributed by atoms with E-state index in [4.69, 9.17) is 0 Å². The van der Waals surface area contributed by atoms with Crippen LogP contribution in [0.2, 0.25) is 0 Å². The number of halogens is 1. The molecule has 1 atom stereocenters. The summed E-state index contributed by atoms with van der Waals surface area (Å²) in [5, 5.41) is 14.2. The molecule has 0 amide bonds. The molecule has 0 aromatic heterocycles. The minimum Gasteiger partial charge on any atom is -0.310 e. The fraction of sp³-hybridized carbons (Fsp3) is 0.538. The molecule has 1 aromatic carbocycles. The van der Waals surface area contributed by atoms with Crippen molar-refractivity contribution in [3.63, 3.8) is 0 Å². The molecule has 18 heavy (non-hydrogen) atoms. The highest BCUT2D eigenvalue weighted by Gasteiger charge is 2.19. The molecule has 1 rings (SSSR count). The lowest BCUT2D eigenvalue weighted by atomic mass is 9.88. The summed E-state index contributed by atoms with van der Waals surface area (Å²) in [5.74, 6) is 0. The number of nitrogens with one attached hydrogen (secondary N) is 1. The van der Waals surface area contributed by atoms with Crippen molar-refractivity contribution in [2.75, 3.05) is 0 Å². The average Bonchev–Trinajstić information content (AvgIpc) is 2.25. The maximum atomic E-state index is 10.8. The van der Waals surface area contributed by atoms with Crippen molar-refractivity contribution in [3.05, 3.63) is 38.3 Å². The van der Waals surface area contributed by atoms with Gasteiger partial charge < -0.3 is 5.32 Å². The Morgan fingerprint density at radius 1 is 1.44 bits per heavy atom. The van der Waals surface area contributed by atoms with Crippen LogP contribution in [0.1, 0.15) is 33.3 Å². The van der Waals surface area contributed by atoms with Crippen LogP contribution in [0.5, 0.6) is 0 Å². The predicted octanol–water partition coefficient (Wildman–Crippen LogP) is 3.88. The van der Waals surface area contributed by atoms with Gasteiger partial charge in [0.05, 0.1) is 9.40 Å². The molecule has 0 aliphatic carbocycles. The molecule has 1 aromatic rings. The highest BCUT2D eigenvalue weighted by atomic mass is 79.9. The first-order valence-electron chi connectivity index (χ1n) is 5.88. The highest BCUT2D eigenvalue weighted by molar-refractivity contribution is 9.10. The van der Waals surface area contributed by atoms with E-state index in [0.29, 0.717) is 17.1 Å². The first-order valence-corrected chi connectivity index (χ1v) is 6.67. The summed E-state index contributed by atoms with van der Waals surface area (Å²) in [6.07, 6.45) is 0. The summed E-state index contributed by atoms with van der Waals surface area (Å²) < 4.78 is 0.514. The lowest BCUT2D eigenvalue weighted by molar-refractivity contribution is -0.385. The predicted molar refractivity (Wildman–Crippen MR) is 76.6 cm³/mol. The van der Waals surface area contributed by atoms with Gasteiger partial charge in [0.15, 0.2) is 0 Å². The minimum absolute atomic E-state index is 0.109. The van der Waals surface area contributed by atoms with Crippen molar-refractivity contribution in [1.29, 1.82) is 0 Å². The Labute approximate surface area is 116 Å². The van der Waals surface area contributed by atoms with E-state index >= 15 is 0 Å². The van der Waals surface area contributed by atoms with E-state index in [0.717, 1.165) is 5.56 Å². The topological polar surface area (TPSA) is 55.2 Å². The van der Waals surface area contributed by atoms with Gasteiger partial charge in [0.2, 0.25) is 0 Å². The van der Waals surface area contributed by atoms with Crippen molar-refractivity contribution >= 4 is 21.6 Å². The van der Waals surface area contributed by atoms with E-state index in [1.54, 1.807) is 12.1 Å². The van der Waals surface area contributed by atoms with Crippen LogP contribution >= 0.6 is 15.9 Å². The van der Waals surface area contributed by atoms with Crippen molar-refractivity contribution in [3.8, 4) is 0 Å². The van der Waals surface area contributed by atoms with Crippen LogP contribution in [-0.4, -0.2) is 11.0 Å². The van der Waals surface area contributed by atoms with Crippen LogP contribution < -0.4 is 5.32 Å². The zero-order chi connectivity index (χ0) is 13.9. The van der Waals surface area contributed by atoms with E-state index in [2.05, 4.69) is 48.9 Å². The van der Waals surface area contributed by atoms with Crippen molar-refractivity contribution in [2.45, 2.75) is 40.3 Å². The van der Waals surface area contributed by atoms with Crippen LogP contribution in [0, 0.1) is 15.5 Å². The van der Waals surface area contributed by atoms with E-state index in [1.807, 2.05) is 6.07 Å². The lowest BCUT2D eigenvalue weighted by Gasteiger charge is -2.28. The second-order valence-corrected chi connectivity index (χ2v) is 6.37. The maximum absolute atomic E-state index is 10.8. The van der Waals surface area contributed by atoms with E-state index < -0.39 is 0 Å². The third kappa shape index (κ3) is 4.07. The molecule has 1 unspecified atom stereocenters. The zero-order valence-corrected chi connectivity index (χ0v) is 12.7. The first-order chi connectivity index (χ1) is 8.21. The van der Waals surface area contributed by atoms with Gasteiger partial charge in [0.1, 0.15) is 0 Å². The number of nitro groups is 1. The molecule has 0 radical (unpaired) electrons. The van der Waals surface area contributed by atoms with Crippen LogP contribution in [0.15, 0.2) is 22.7 Å². The molecule has 100 valence electrons. The van der Waals surface area contributed by atoms with Gasteiger partial charge in [0, 0.05) is 18.7 Å². The van der Waals surface area contributed by atoms with Gasteiger partial charge in [-0.1, -0.05) is 26.8 Å². The fourth-order valence-corrected chi connectivity index (χ4v) is 1.78. The molecule has 0 aliphatic heterocycles. The van der Waals surface area contributed by atoms with Gasteiger partial charge in [-0.3, -0.25) is 10.1 Å². The normalized spacial score (nSPS) is 13.4. The van der Waals surface area contributed by atoms with Gasteiger partial charge >= 0.3 is 0 Å². The average molecular weight is 315 g/mol. The van der Waals surface area contributed by atoms with Gasteiger partial charge in [-0.2, -0.15) is 0 Å². The smallest absolute Gasteiger partial charge is 0.283 e. The molecular weight excluding hydrogens is 296 g/mol. The Hall–Kier alpha value is -0.940. The molecule has 0 aliphatic rings. The third-order valence-electron chi connectivity index (χ3n) is 3.12. The van der Waals surface area contributed by atoms with Crippen LogP contribution in [0.25, 0.3) is 0 Å². The number of nitro benzene ring substituents is 1. The second-order valence-electron chi connectivity index (χ2n) is 5.51. The number of benzene rings is 1. The number of rotatable bonds is 4. The number of hydrogen-bond donors (Lipinski definition) is 1. The largest absolute Gasteiger partial charge is 0.310 e. The SMILES string of the molecule is CC(NCc1ccc(Br)c([N+](=O)[O-])c1)C(C)(C)C. The molecule has 0 bridgehead atoms. The standard InChI is InChI=1S/C13H19BrN2O2/c1-9(13(2,3)4)15-8-10-5-6-11(14)12(7-10)16(17)18/h5-7,9,15H,8H2,1-4H3. The summed E-state index contributed by atoms with van der Waals surface area (Å²) in [7, 11) is 0. The molecule has 0 saturated heterocycles. The first kappa shape index (κ1) is 15.1. The Morgan fingerprint density at radius 2 is 2.06 bits per heavy atom. The van der Waals surface area contributed by atoms with Crippen molar-refractivity contribution < 1.29 is 4.92 Å². The zero-order valence-electron chi connectivity index (χ0n) is 11.2. The molecule has 0 fully saturated rings. The summed E-state index contributed by atoms with van der Waals surface area (Å²) in [4.78, 5) is 10.5. The van der Waals surface area contributed by atoms with Gasteiger partial charge in [-0.05, 0) is 39.9 Å². The number of hydrogen-bond acceptors (Lipinski definition) is 3. The quantitative estimate of drug-likeness (QED) is 0.677. The lowest BCUT2D eigenvalue weighted by Crippen LogP contribution is -2.37. The number of nitrogens with zero attached hydrogens (tertiary/aromatic N) is 1. The summed E-state index contributed by atoms with van der Waals surface area (Å²) >= 11 is 3.18. The third-order valence-corrected chi connectivity index (χ3v) is 3.79. The Kier molecular flexibility index (Phi) is 4.87. The van der Waals surface area contributed by atoms with E-state index in [1.165, 1.54) is 0 Å². The summed E-state index contributed by atoms with van der Waals surface area (Å²) in [6.45, 7) is 9.23. The minimum atomic E-state index is -0.374. The summed E-state index contributed by atoms with van der Waals surface area (Å²) in [5.41, 5.74) is 1.19. The van der Waals surface area contributed by atoms with Gasteiger partial charge in [-0.15, -0.1) is 0 Å². The van der Waals surface area contributed by atoms with Crippen LogP contribution in [-0.2, 0) is 6.54 Å². The second kappa shape index (κ2) is 5.80. The molecule has 0 heterocycles.